The minimum atomic E-state index is -0.826. The second kappa shape index (κ2) is 8.43. The van der Waals surface area contributed by atoms with E-state index in [0.717, 1.165) is 51.4 Å². The van der Waals surface area contributed by atoms with Crippen molar-refractivity contribution in [3.63, 3.8) is 0 Å². The molecule has 1 saturated heterocycles. The first-order valence-electron chi connectivity index (χ1n) is 15.2. The van der Waals surface area contributed by atoms with Gasteiger partial charge in [-0.2, -0.15) is 0 Å². The van der Waals surface area contributed by atoms with E-state index in [0.29, 0.717) is 17.8 Å². The summed E-state index contributed by atoms with van der Waals surface area (Å²) >= 11 is 0. The van der Waals surface area contributed by atoms with Crippen molar-refractivity contribution in [2.75, 3.05) is 0 Å². The molecule has 11 atom stereocenters. The van der Waals surface area contributed by atoms with Crippen LogP contribution in [0.1, 0.15) is 120 Å². The Kier molecular flexibility index (Phi) is 6.35. The molecule has 37 heavy (non-hydrogen) atoms. The van der Waals surface area contributed by atoms with Gasteiger partial charge >= 0.3 is 5.97 Å². The molecule has 0 spiro atoms. The Morgan fingerprint density at radius 3 is 2.14 bits per heavy atom. The van der Waals surface area contributed by atoms with Crippen molar-refractivity contribution < 1.29 is 24.5 Å². The molecule has 11 unspecified atom stereocenters. The van der Waals surface area contributed by atoms with Crippen LogP contribution in [0.4, 0.5) is 0 Å². The van der Waals surface area contributed by atoms with Crippen LogP contribution in [-0.2, 0) is 14.3 Å². The van der Waals surface area contributed by atoms with Gasteiger partial charge in [0.2, 0.25) is 0 Å². The second-order valence-corrected chi connectivity index (χ2v) is 16.0. The normalized spacial score (nSPS) is 53.2. The van der Waals surface area contributed by atoms with E-state index in [1.54, 1.807) is 0 Å². The fraction of sp³-hybridized carbons (Fsp3) is 0.969. The third-order valence-electron chi connectivity index (χ3n) is 13.5. The summed E-state index contributed by atoms with van der Waals surface area (Å²) in [5.41, 5.74) is -0.921. The molecule has 5 aliphatic rings. The minimum Gasteiger partial charge on any atom is -0.462 e. The fourth-order valence-corrected chi connectivity index (χ4v) is 11.6. The van der Waals surface area contributed by atoms with Crippen LogP contribution in [0.5, 0.6) is 0 Å². The average molecular weight is 519 g/mol. The van der Waals surface area contributed by atoms with E-state index >= 15 is 0 Å². The lowest BCUT2D eigenvalue weighted by molar-refractivity contribution is -0.259. The molecule has 2 N–H and O–H groups in total. The maximum atomic E-state index is 12.1. The zero-order valence-corrected chi connectivity index (χ0v) is 25.0. The van der Waals surface area contributed by atoms with Crippen LogP contribution in [0.3, 0.4) is 0 Å². The zero-order valence-electron chi connectivity index (χ0n) is 25.0. The molecule has 5 rings (SSSR count). The largest absolute Gasteiger partial charge is 0.462 e. The first-order valence-corrected chi connectivity index (χ1v) is 15.2. The Hall–Kier alpha value is -0.650. The molecule has 4 saturated carbocycles. The van der Waals surface area contributed by atoms with E-state index in [9.17, 15) is 15.0 Å². The van der Waals surface area contributed by atoms with Crippen molar-refractivity contribution in [3.05, 3.63) is 0 Å². The Bertz CT molecular complexity index is 923. The predicted octanol–water partition coefficient (Wildman–Crippen LogP) is 6.28. The van der Waals surface area contributed by atoms with Gasteiger partial charge in [0.25, 0.3) is 0 Å². The lowest BCUT2D eigenvalue weighted by Crippen LogP contribution is -2.67. The smallest absolute Gasteiger partial charge is 0.302 e. The van der Waals surface area contributed by atoms with Crippen molar-refractivity contribution in [3.8, 4) is 0 Å². The van der Waals surface area contributed by atoms with Crippen LogP contribution in [0.25, 0.3) is 0 Å². The molecule has 0 bridgehead atoms. The topological polar surface area (TPSA) is 76.0 Å². The van der Waals surface area contributed by atoms with Crippen molar-refractivity contribution in [2.45, 2.75) is 150 Å². The van der Waals surface area contributed by atoms with E-state index in [1.165, 1.54) is 13.3 Å². The predicted molar refractivity (Wildman–Crippen MR) is 145 cm³/mol. The molecule has 212 valence electrons. The van der Waals surface area contributed by atoms with Gasteiger partial charge in [0.15, 0.2) is 0 Å². The molecule has 1 heterocycles. The van der Waals surface area contributed by atoms with E-state index in [2.05, 4.69) is 41.5 Å². The van der Waals surface area contributed by atoms with Crippen LogP contribution >= 0.6 is 0 Å². The molecule has 1 aliphatic heterocycles. The standard InChI is InChI=1S/C32H54O5/c1-19(33)36-24-12-14-29(6)23(27(24,2)3)11-16-31(8)26(29)22(34)18-21-20(10-15-30(21,31)7)32(9)17-13-25(37-32)28(4,5)35/h20-26,34-35H,10-18H2,1-9H3. The van der Waals surface area contributed by atoms with E-state index in [1.807, 2.05) is 13.8 Å². The van der Waals surface area contributed by atoms with Gasteiger partial charge in [-0.25, -0.2) is 0 Å². The highest BCUT2D eigenvalue weighted by molar-refractivity contribution is 5.66. The van der Waals surface area contributed by atoms with Crippen LogP contribution in [-0.4, -0.2) is 45.7 Å². The van der Waals surface area contributed by atoms with Crippen molar-refractivity contribution in [2.24, 2.45) is 45.3 Å². The van der Waals surface area contributed by atoms with Crippen molar-refractivity contribution in [1.82, 2.24) is 0 Å². The molecule has 0 aromatic rings. The molecule has 0 aromatic heterocycles. The van der Waals surface area contributed by atoms with Gasteiger partial charge in [0, 0.05) is 12.3 Å². The SMILES string of the molecule is CC(=O)OC1CCC2(C)C(CCC3(C)C2C(O)CC2C(C4(C)CCC(C(C)(C)O)O4)CCC23C)C1(C)C. The number of aliphatic hydroxyl groups excluding tert-OH is 1. The molecule has 5 nitrogen and oxygen atoms in total. The average Bonchev–Trinajstić information content (AvgIpc) is 3.32. The molecule has 4 aliphatic carbocycles. The maximum Gasteiger partial charge on any atom is 0.302 e. The van der Waals surface area contributed by atoms with Gasteiger partial charge in [0.05, 0.1) is 23.4 Å². The lowest BCUT2D eigenvalue weighted by atomic mass is 9.35. The summed E-state index contributed by atoms with van der Waals surface area (Å²) < 4.78 is 12.6. The Labute approximate surface area is 225 Å². The molecule has 5 fully saturated rings. The number of rotatable bonds is 3. The van der Waals surface area contributed by atoms with Gasteiger partial charge in [0.1, 0.15) is 6.10 Å². The summed E-state index contributed by atoms with van der Waals surface area (Å²) in [7, 11) is 0. The van der Waals surface area contributed by atoms with Gasteiger partial charge < -0.3 is 19.7 Å². The van der Waals surface area contributed by atoms with E-state index < -0.39 is 5.60 Å². The molecule has 0 aromatic carbocycles. The lowest BCUT2D eigenvalue weighted by Gasteiger charge is -2.71. The zero-order chi connectivity index (χ0) is 27.4. The van der Waals surface area contributed by atoms with Gasteiger partial charge in [-0.1, -0.05) is 34.6 Å². The van der Waals surface area contributed by atoms with Crippen LogP contribution in [0, 0.1) is 45.3 Å². The summed E-state index contributed by atoms with van der Waals surface area (Å²) in [6.45, 7) is 19.7. The van der Waals surface area contributed by atoms with Gasteiger partial charge in [-0.05, 0) is 118 Å². The molecule has 0 amide bonds. The first kappa shape index (κ1) is 27.9. The number of hydrogen-bond acceptors (Lipinski definition) is 5. The molecular weight excluding hydrogens is 464 g/mol. The monoisotopic (exact) mass is 518 g/mol. The number of fused-ring (bicyclic) bond motifs is 5. The highest BCUT2D eigenvalue weighted by Crippen LogP contribution is 2.76. The minimum absolute atomic E-state index is 0.0262. The van der Waals surface area contributed by atoms with Gasteiger partial charge in [-0.3, -0.25) is 4.79 Å². The third kappa shape index (κ3) is 3.83. The van der Waals surface area contributed by atoms with Crippen LogP contribution in [0.2, 0.25) is 0 Å². The summed E-state index contributed by atoms with van der Waals surface area (Å²) in [6.07, 6.45) is 8.72. The van der Waals surface area contributed by atoms with Crippen molar-refractivity contribution in [1.29, 1.82) is 0 Å². The first-order chi connectivity index (χ1) is 16.9. The summed E-state index contributed by atoms with van der Waals surface area (Å²) in [4.78, 5) is 11.9. The Morgan fingerprint density at radius 1 is 0.892 bits per heavy atom. The number of carbonyl (C=O) groups excluding carboxylic acids is 1. The molecule has 5 heteroatoms. The quantitative estimate of drug-likeness (QED) is 0.430. The van der Waals surface area contributed by atoms with Crippen LogP contribution in [0.15, 0.2) is 0 Å². The third-order valence-corrected chi connectivity index (χ3v) is 13.5. The highest BCUT2D eigenvalue weighted by atomic mass is 16.5. The second-order valence-electron chi connectivity index (χ2n) is 16.0. The number of esters is 1. The van der Waals surface area contributed by atoms with E-state index in [4.69, 9.17) is 9.47 Å². The summed E-state index contributed by atoms with van der Waals surface area (Å²) in [5, 5.41) is 22.7. The highest BCUT2D eigenvalue weighted by Gasteiger charge is 2.72. The van der Waals surface area contributed by atoms with Crippen LogP contribution < -0.4 is 0 Å². The number of aliphatic hydroxyl groups is 2. The maximum absolute atomic E-state index is 12.1. The van der Waals surface area contributed by atoms with Gasteiger partial charge in [-0.15, -0.1) is 0 Å². The summed E-state index contributed by atoms with van der Waals surface area (Å²) in [6, 6.07) is 0. The number of ether oxygens (including phenoxy) is 2. The molecular formula is C32H54O5. The number of hydrogen-bond donors (Lipinski definition) is 2. The summed E-state index contributed by atoms with van der Waals surface area (Å²) in [5.74, 6) is 1.34. The number of carbonyl (C=O) groups is 1. The van der Waals surface area contributed by atoms with Crippen molar-refractivity contribution >= 4 is 5.97 Å². The Morgan fingerprint density at radius 2 is 1.54 bits per heavy atom. The fourth-order valence-electron chi connectivity index (χ4n) is 11.6. The Balaban J connectivity index is 1.46. The molecule has 0 radical (unpaired) electrons. The van der Waals surface area contributed by atoms with E-state index in [-0.39, 0.29) is 57.5 Å².